The molecule has 3 unspecified atom stereocenters. The zero-order valence-electron chi connectivity index (χ0n) is 13.1. The summed E-state index contributed by atoms with van der Waals surface area (Å²) in [6.07, 6.45) is 1.48. The van der Waals surface area contributed by atoms with Crippen molar-refractivity contribution >= 4 is 22.9 Å². The lowest BCUT2D eigenvalue weighted by Gasteiger charge is -2.53. The van der Waals surface area contributed by atoms with E-state index in [0.29, 0.717) is 24.1 Å². The van der Waals surface area contributed by atoms with Gasteiger partial charge in [-0.3, -0.25) is 0 Å². The SMILES string of the molecule is CC(C)COC1CC(NC(C)c2ccc(Cl)s2)C1(C)C. The number of hydrogen-bond donors (Lipinski definition) is 1. The second-order valence-electron chi connectivity index (χ2n) is 6.86. The minimum Gasteiger partial charge on any atom is -0.377 e. The van der Waals surface area contributed by atoms with Crippen molar-refractivity contribution in [3.63, 3.8) is 0 Å². The fourth-order valence-corrected chi connectivity index (χ4v) is 3.78. The number of halogens is 1. The lowest BCUT2D eigenvalue weighted by molar-refractivity contribution is -0.125. The van der Waals surface area contributed by atoms with Crippen LogP contribution in [0.1, 0.15) is 52.0 Å². The van der Waals surface area contributed by atoms with Crippen LogP contribution >= 0.6 is 22.9 Å². The highest BCUT2D eigenvalue weighted by molar-refractivity contribution is 7.16. The van der Waals surface area contributed by atoms with E-state index < -0.39 is 0 Å². The van der Waals surface area contributed by atoms with Gasteiger partial charge in [0.25, 0.3) is 0 Å². The molecule has 1 aliphatic rings. The molecule has 2 rings (SSSR count). The average molecular weight is 316 g/mol. The minimum atomic E-state index is 0.199. The first-order valence-electron chi connectivity index (χ1n) is 7.43. The molecular weight excluding hydrogens is 290 g/mol. The lowest BCUT2D eigenvalue weighted by atomic mass is 9.64. The molecular formula is C16H26ClNOS. The van der Waals surface area contributed by atoms with Crippen LogP contribution in [-0.4, -0.2) is 18.8 Å². The fourth-order valence-electron chi connectivity index (χ4n) is 2.70. The molecule has 0 amide bonds. The van der Waals surface area contributed by atoms with Gasteiger partial charge in [0.2, 0.25) is 0 Å². The van der Waals surface area contributed by atoms with E-state index in [1.54, 1.807) is 11.3 Å². The normalized spacial score (nSPS) is 26.6. The molecule has 0 saturated heterocycles. The van der Waals surface area contributed by atoms with Gasteiger partial charge in [-0.25, -0.2) is 0 Å². The van der Waals surface area contributed by atoms with Crippen molar-refractivity contribution in [2.24, 2.45) is 11.3 Å². The van der Waals surface area contributed by atoms with E-state index in [1.807, 2.05) is 6.07 Å². The van der Waals surface area contributed by atoms with Gasteiger partial charge < -0.3 is 10.1 Å². The van der Waals surface area contributed by atoms with Gasteiger partial charge >= 0.3 is 0 Å². The smallest absolute Gasteiger partial charge is 0.0931 e. The number of ether oxygens (including phenoxy) is 1. The Morgan fingerprint density at radius 1 is 1.40 bits per heavy atom. The van der Waals surface area contributed by atoms with Crippen LogP contribution in [0.15, 0.2) is 12.1 Å². The van der Waals surface area contributed by atoms with Gasteiger partial charge in [0.1, 0.15) is 0 Å². The van der Waals surface area contributed by atoms with Crippen LogP contribution in [0.3, 0.4) is 0 Å². The molecule has 0 aromatic carbocycles. The van der Waals surface area contributed by atoms with E-state index in [4.69, 9.17) is 16.3 Å². The molecule has 1 heterocycles. The zero-order chi connectivity index (χ0) is 14.9. The standard InChI is InChI=1S/C16H26ClNOS/c1-10(2)9-19-14-8-13(16(14,4)5)18-11(3)12-6-7-15(17)20-12/h6-7,10-11,13-14,18H,8-9H2,1-5H3. The Hall–Kier alpha value is -0.0900. The number of rotatable bonds is 6. The summed E-state index contributed by atoms with van der Waals surface area (Å²) < 4.78 is 6.88. The molecule has 1 saturated carbocycles. The molecule has 0 bridgehead atoms. The first kappa shape index (κ1) is 16.3. The summed E-state index contributed by atoms with van der Waals surface area (Å²) in [5.41, 5.74) is 0.199. The Labute approximate surface area is 131 Å². The van der Waals surface area contributed by atoms with Gasteiger partial charge in [0.05, 0.1) is 10.4 Å². The van der Waals surface area contributed by atoms with Crippen molar-refractivity contribution < 1.29 is 4.74 Å². The Morgan fingerprint density at radius 2 is 2.10 bits per heavy atom. The summed E-state index contributed by atoms with van der Waals surface area (Å²) in [6.45, 7) is 12.1. The van der Waals surface area contributed by atoms with E-state index in [1.165, 1.54) is 4.88 Å². The van der Waals surface area contributed by atoms with Crippen molar-refractivity contribution in [1.82, 2.24) is 5.32 Å². The van der Waals surface area contributed by atoms with Gasteiger partial charge in [-0.15, -0.1) is 11.3 Å². The third kappa shape index (κ3) is 3.56. The Morgan fingerprint density at radius 3 is 2.60 bits per heavy atom. The van der Waals surface area contributed by atoms with E-state index in [9.17, 15) is 0 Å². The summed E-state index contributed by atoms with van der Waals surface area (Å²) in [7, 11) is 0. The van der Waals surface area contributed by atoms with Crippen LogP contribution in [0, 0.1) is 11.3 Å². The van der Waals surface area contributed by atoms with Gasteiger partial charge in [0, 0.05) is 29.0 Å². The van der Waals surface area contributed by atoms with Crippen LogP contribution in [0.25, 0.3) is 0 Å². The van der Waals surface area contributed by atoms with E-state index in [2.05, 4.69) is 46.0 Å². The lowest BCUT2D eigenvalue weighted by Crippen LogP contribution is -2.61. The second kappa shape index (κ2) is 6.35. The molecule has 0 aliphatic heterocycles. The first-order valence-corrected chi connectivity index (χ1v) is 8.63. The third-order valence-electron chi connectivity index (χ3n) is 4.28. The largest absolute Gasteiger partial charge is 0.377 e. The predicted octanol–water partition coefficient (Wildman–Crippen LogP) is 4.89. The molecule has 4 heteroatoms. The summed E-state index contributed by atoms with van der Waals surface area (Å²) in [5.74, 6) is 0.602. The molecule has 2 nitrogen and oxygen atoms in total. The van der Waals surface area contributed by atoms with E-state index >= 15 is 0 Å². The number of hydrogen-bond acceptors (Lipinski definition) is 3. The Bertz CT molecular complexity index is 443. The van der Waals surface area contributed by atoms with Crippen molar-refractivity contribution in [3.8, 4) is 0 Å². The zero-order valence-corrected chi connectivity index (χ0v) is 14.6. The predicted molar refractivity (Wildman–Crippen MR) is 87.6 cm³/mol. The molecule has 1 aromatic heterocycles. The van der Waals surface area contributed by atoms with Crippen LogP contribution in [0.2, 0.25) is 4.34 Å². The summed E-state index contributed by atoms with van der Waals surface area (Å²) >= 11 is 7.67. The maximum Gasteiger partial charge on any atom is 0.0931 e. The van der Waals surface area contributed by atoms with Crippen LogP contribution in [0.4, 0.5) is 0 Å². The highest BCUT2D eigenvalue weighted by Gasteiger charge is 2.49. The summed E-state index contributed by atoms with van der Waals surface area (Å²) in [5, 5.41) is 3.73. The van der Waals surface area contributed by atoms with Crippen molar-refractivity contribution in [2.45, 2.75) is 59.2 Å². The number of nitrogens with one attached hydrogen (secondary N) is 1. The van der Waals surface area contributed by atoms with Crippen molar-refractivity contribution in [3.05, 3.63) is 21.3 Å². The summed E-state index contributed by atoms with van der Waals surface area (Å²) in [6, 6.07) is 4.95. The maximum absolute atomic E-state index is 6.02. The molecule has 1 fully saturated rings. The van der Waals surface area contributed by atoms with Gasteiger partial charge in [-0.1, -0.05) is 39.3 Å². The van der Waals surface area contributed by atoms with Crippen molar-refractivity contribution in [1.29, 1.82) is 0 Å². The van der Waals surface area contributed by atoms with E-state index in [0.717, 1.165) is 17.4 Å². The fraction of sp³-hybridized carbons (Fsp3) is 0.750. The minimum absolute atomic E-state index is 0.199. The quantitative estimate of drug-likeness (QED) is 0.807. The molecule has 0 radical (unpaired) electrons. The van der Waals surface area contributed by atoms with E-state index in [-0.39, 0.29) is 5.41 Å². The number of thiophene rings is 1. The van der Waals surface area contributed by atoms with Crippen LogP contribution in [-0.2, 0) is 4.74 Å². The summed E-state index contributed by atoms with van der Waals surface area (Å²) in [4.78, 5) is 1.30. The van der Waals surface area contributed by atoms with Gasteiger partial charge in [0.15, 0.2) is 0 Å². The highest BCUT2D eigenvalue weighted by atomic mass is 35.5. The van der Waals surface area contributed by atoms with Gasteiger partial charge in [-0.05, 0) is 31.4 Å². The first-order chi connectivity index (χ1) is 9.30. The topological polar surface area (TPSA) is 21.3 Å². The molecule has 1 aliphatic carbocycles. The third-order valence-corrected chi connectivity index (χ3v) is 5.69. The van der Waals surface area contributed by atoms with Crippen molar-refractivity contribution in [2.75, 3.05) is 6.61 Å². The van der Waals surface area contributed by atoms with Gasteiger partial charge in [-0.2, -0.15) is 0 Å². The molecule has 1 aromatic rings. The highest BCUT2D eigenvalue weighted by Crippen LogP contribution is 2.44. The second-order valence-corrected chi connectivity index (χ2v) is 8.60. The maximum atomic E-state index is 6.02. The molecule has 0 spiro atoms. The van der Waals surface area contributed by atoms with Crippen LogP contribution < -0.4 is 5.32 Å². The Kier molecular flexibility index (Phi) is 5.17. The molecule has 114 valence electrons. The molecule has 20 heavy (non-hydrogen) atoms. The Balaban J connectivity index is 1.86. The molecule has 1 N–H and O–H groups in total. The molecule has 3 atom stereocenters. The monoisotopic (exact) mass is 315 g/mol. The van der Waals surface area contributed by atoms with Crippen LogP contribution in [0.5, 0.6) is 0 Å². The average Bonchev–Trinajstić information content (AvgIpc) is 2.79.